The Morgan fingerprint density at radius 2 is 1.94 bits per heavy atom. The molecule has 0 bridgehead atoms. The lowest BCUT2D eigenvalue weighted by atomic mass is 9.83. The van der Waals surface area contributed by atoms with Gasteiger partial charge in [0.05, 0.1) is 13.0 Å². The summed E-state index contributed by atoms with van der Waals surface area (Å²) >= 11 is 0. The first-order chi connectivity index (χ1) is 15.0. The smallest absolute Gasteiger partial charge is 0.205 e. The van der Waals surface area contributed by atoms with Crippen LogP contribution in [0.25, 0.3) is 0 Å². The molecular weight excluding hydrogens is 399 g/mol. The van der Waals surface area contributed by atoms with Crippen LogP contribution in [0.3, 0.4) is 0 Å². The van der Waals surface area contributed by atoms with E-state index in [4.69, 9.17) is 19.9 Å². The number of fused-ring (bicyclic) bond motifs is 1. The molecular formula is C24H19FN2O4. The molecule has 3 N–H and O–H groups in total. The molecule has 0 saturated heterocycles. The van der Waals surface area contributed by atoms with E-state index in [1.165, 1.54) is 25.3 Å². The average Bonchev–Trinajstić information content (AvgIpc) is 2.77. The Labute approximate surface area is 178 Å². The van der Waals surface area contributed by atoms with Gasteiger partial charge in [0, 0.05) is 17.2 Å². The van der Waals surface area contributed by atoms with Gasteiger partial charge in [-0.3, -0.25) is 0 Å². The molecule has 1 unspecified atom stereocenters. The summed E-state index contributed by atoms with van der Waals surface area (Å²) in [6.07, 6.45) is 0. The second-order valence-electron chi connectivity index (χ2n) is 6.94. The number of nitrogens with two attached hydrogens (primary N) is 1. The molecule has 7 heteroatoms. The Bertz CT molecular complexity index is 1220. The number of phenolic OH excluding ortho intramolecular Hbond substituents is 1. The number of allylic oxidation sites excluding steroid dienone is 1. The van der Waals surface area contributed by atoms with E-state index in [2.05, 4.69) is 6.07 Å². The summed E-state index contributed by atoms with van der Waals surface area (Å²) in [7, 11) is 1.50. The number of nitriles is 1. The van der Waals surface area contributed by atoms with Crippen LogP contribution >= 0.6 is 0 Å². The number of ether oxygens (including phenoxy) is 3. The standard InChI is InChI=1S/C24H19FN2O4/c1-29-22-10-14(6-9-20(22)30-13-15-4-2-3-5-19(15)25)23-17-8-7-16(28)11-21(17)31-24(27)18(23)12-26/h2-11,23,28H,13,27H2,1H3. The molecule has 0 fully saturated rings. The molecule has 0 radical (unpaired) electrons. The molecule has 0 amide bonds. The van der Waals surface area contributed by atoms with E-state index < -0.39 is 5.92 Å². The van der Waals surface area contributed by atoms with Gasteiger partial charge >= 0.3 is 0 Å². The van der Waals surface area contributed by atoms with Gasteiger partial charge in [-0.25, -0.2) is 4.39 Å². The largest absolute Gasteiger partial charge is 0.508 e. The Kier molecular flexibility index (Phi) is 5.37. The number of methoxy groups -OCH3 is 1. The van der Waals surface area contributed by atoms with Crippen molar-refractivity contribution in [1.82, 2.24) is 0 Å². The summed E-state index contributed by atoms with van der Waals surface area (Å²) in [6, 6.07) is 18.4. The number of hydrogen-bond acceptors (Lipinski definition) is 6. The number of hydrogen-bond donors (Lipinski definition) is 2. The number of benzene rings is 3. The lowest BCUT2D eigenvalue weighted by molar-refractivity contribution is 0.279. The number of aromatic hydroxyl groups is 1. The molecule has 1 aliphatic rings. The molecule has 4 rings (SSSR count). The quantitative estimate of drug-likeness (QED) is 0.640. The van der Waals surface area contributed by atoms with Gasteiger partial charge in [-0.2, -0.15) is 5.26 Å². The number of nitrogens with zero attached hydrogens (tertiary/aromatic N) is 1. The van der Waals surface area contributed by atoms with E-state index in [0.29, 0.717) is 28.4 Å². The Balaban J connectivity index is 1.70. The Morgan fingerprint density at radius 1 is 1.13 bits per heavy atom. The lowest BCUT2D eigenvalue weighted by Crippen LogP contribution is -2.21. The van der Waals surface area contributed by atoms with Crippen molar-refractivity contribution in [2.75, 3.05) is 7.11 Å². The maximum Gasteiger partial charge on any atom is 0.205 e. The normalized spacial score (nSPS) is 14.9. The van der Waals surface area contributed by atoms with Crippen molar-refractivity contribution in [3.63, 3.8) is 0 Å². The summed E-state index contributed by atoms with van der Waals surface area (Å²) in [5, 5.41) is 19.5. The lowest BCUT2D eigenvalue weighted by Gasteiger charge is -2.27. The maximum absolute atomic E-state index is 13.9. The molecule has 0 saturated carbocycles. The van der Waals surface area contributed by atoms with Crippen molar-refractivity contribution in [3.8, 4) is 29.1 Å². The Hall–Kier alpha value is -4.18. The first kappa shape index (κ1) is 20.1. The number of phenols is 1. The van der Waals surface area contributed by atoms with Crippen LogP contribution < -0.4 is 19.9 Å². The molecule has 3 aromatic carbocycles. The third kappa shape index (κ3) is 3.83. The van der Waals surface area contributed by atoms with Crippen molar-refractivity contribution in [2.45, 2.75) is 12.5 Å². The van der Waals surface area contributed by atoms with Gasteiger partial charge in [0.15, 0.2) is 11.5 Å². The monoisotopic (exact) mass is 418 g/mol. The fraction of sp³-hybridized carbons (Fsp3) is 0.125. The molecule has 1 heterocycles. The van der Waals surface area contributed by atoms with E-state index in [1.807, 2.05) is 0 Å². The molecule has 1 aliphatic heterocycles. The summed E-state index contributed by atoms with van der Waals surface area (Å²) < 4.78 is 30.7. The predicted molar refractivity (Wildman–Crippen MR) is 111 cm³/mol. The highest BCUT2D eigenvalue weighted by Crippen LogP contribution is 2.45. The summed E-state index contributed by atoms with van der Waals surface area (Å²) in [5.41, 5.74) is 8.06. The highest BCUT2D eigenvalue weighted by Gasteiger charge is 2.31. The summed E-state index contributed by atoms with van der Waals surface area (Å²) in [6.45, 7) is 0.0397. The van der Waals surface area contributed by atoms with E-state index in [9.17, 15) is 14.8 Å². The first-order valence-electron chi connectivity index (χ1n) is 9.46. The molecule has 0 aliphatic carbocycles. The fourth-order valence-corrected chi connectivity index (χ4v) is 3.54. The van der Waals surface area contributed by atoms with Gasteiger partial charge in [-0.15, -0.1) is 0 Å². The second kappa shape index (κ2) is 8.28. The van der Waals surface area contributed by atoms with Crippen LogP contribution in [0.4, 0.5) is 4.39 Å². The van der Waals surface area contributed by atoms with Crippen LogP contribution in [-0.2, 0) is 6.61 Å². The summed E-state index contributed by atoms with van der Waals surface area (Å²) in [5.74, 6) is 0.382. The highest BCUT2D eigenvalue weighted by atomic mass is 19.1. The molecule has 0 aromatic heterocycles. The molecule has 31 heavy (non-hydrogen) atoms. The zero-order valence-corrected chi connectivity index (χ0v) is 16.6. The van der Waals surface area contributed by atoms with Crippen LogP contribution in [0.15, 0.2) is 72.1 Å². The topological polar surface area (TPSA) is 97.7 Å². The molecule has 3 aromatic rings. The van der Waals surface area contributed by atoms with Gasteiger partial charge in [-0.1, -0.05) is 30.3 Å². The SMILES string of the molecule is COc1cc(C2C(C#N)=C(N)Oc3cc(O)ccc32)ccc1OCc1ccccc1F. The molecule has 6 nitrogen and oxygen atoms in total. The van der Waals surface area contributed by atoms with Crippen molar-refractivity contribution in [2.24, 2.45) is 5.73 Å². The van der Waals surface area contributed by atoms with Crippen molar-refractivity contribution >= 4 is 0 Å². The minimum Gasteiger partial charge on any atom is -0.508 e. The van der Waals surface area contributed by atoms with Gasteiger partial charge in [0.1, 0.15) is 35.6 Å². The molecule has 1 atom stereocenters. The van der Waals surface area contributed by atoms with Crippen molar-refractivity contribution < 1.29 is 23.7 Å². The van der Waals surface area contributed by atoms with E-state index in [1.54, 1.807) is 42.5 Å². The predicted octanol–water partition coefficient (Wildman–Crippen LogP) is 4.34. The molecule has 156 valence electrons. The number of rotatable bonds is 5. The van der Waals surface area contributed by atoms with Crippen LogP contribution in [0.5, 0.6) is 23.0 Å². The van der Waals surface area contributed by atoms with Gasteiger partial charge in [0.2, 0.25) is 5.88 Å². The third-order valence-electron chi connectivity index (χ3n) is 5.06. The van der Waals surface area contributed by atoms with Crippen molar-refractivity contribution in [1.29, 1.82) is 5.26 Å². The highest BCUT2D eigenvalue weighted by molar-refractivity contribution is 5.58. The van der Waals surface area contributed by atoms with Gasteiger partial charge in [-0.05, 0) is 29.8 Å². The van der Waals surface area contributed by atoms with E-state index >= 15 is 0 Å². The molecule has 0 spiro atoms. The van der Waals surface area contributed by atoms with Crippen LogP contribution in [0.1, 0.15) is 22.6 Å². The first-order valence-corrected chi connectivity index (χ1v) is 9.46. The minimum absolute atomic E-state index is 0.0237. The minimum atomic E-state index is -0.510. The van der Waals surface area contributed by atoms with Gasteiger partial charge in [0.25, 0.3) is 0 Å². The number of halogens is 1. The zero-order valence-electron chi connectivity index (χ0n) is 16.6. The van der Waals surface area contributed by atoms with Crippen molar-refractivity contribution in [3.05, 3.63) is 94.6 Å². The summed E-state index contributed by atoms with van der Waals surface area (Å²) in [4.78, 5) is 0. The second-order valence-corrected chi connectivity index (χ2v) is 6.94. The van der Waals surface area contributed by atoms with Gasteiger partial charge < -0.3 is 25.1 Å². The van der Waals surface area contributed by atoms with E-state index in [0.717, 1.165) is 5.56 Å². The Morgan fingerprint density at radius 3 is 2.68 bits per heavy atom. The van der Waals surface area contributed by atoms with E-state index in [-0.39, 0.29) is 29.6 Å². The zero-order chi connectivity index (χ0) is 22.0. The maximum atomic E-state index is 13.9. The van der Waals surface area contributed by atoms with Crippen LogP contribution in [-0.4, -0.2) is 12.2 Å². The average molecular weight is 418 g/mol. The third-order valence-corrected chi connectivity index (χ3v) is 5.06. The fourth-order valence-electron chi connectivity index (χ4n) is 3.54. The van der Waals surface area contributed by atoms with Crippen LogP contribution in [0.2, 0.25) is 0 Å². The van der Waals surface area contributed by atoms with Crippen LogP contribution in [0, 0.1) is 17.1 Å².